The summed E-state index contributed by atoms with van der Waals surface area (Å²) in [5.74, 6) is 2.47. The van der Waals surface area contributed by atoms with Crippen LogP contribution in [0, 0.1) is 25.2 Å². The number of carbonyl (C=O) groups is 1. The number of carboxylic acid groups (broad SMARTS) is 1. The Bertz CT molecular complexity index is 709. The molecule has 24 heavy (non-hydrogen) atoms. The molecule has 0 atom stereocenters. The van der Waals surface area contributed by atoms with Crippen molar-refractivity contribution in [3.05, 3.63) is 22.8 Å². The van der Waals surface area contributed by atoms with Gasteiger partial charge in [-0.15, -0.1) is 6.42 Å². The van der Waals surface area contributed by atoms with Crippen LogP contribution in [0.4, 0.5) is 0 Å². The van der Waals surface area contributed by atoms with E-state index in [-0.39, 0.29) is 5.56 Å². The Balaban J connectivity index is 1.86. The number of carboxylic acids is 1. The first-order valence-electron chi connectivity index (χ1n) is 8.25. The molecule has 0 aromatic heterocycles. The number of terminal acetylenes is 1. The zero-order valence-electron chi connectivity index (χ0n) is 14.4. The first kappa shape index (κ1) is 16.7. The number of benzene rings is 1. The van der Waals surface area contributed by atoms with Gasteiger partial charge in [0.05, 0.1) is 11.1 Å². The van der Waals surface area contributed by atoms with Crippen molar-refractivity contribution < 1.29 is 19.4 Å². The average molecular weight is 329 g/mol. The molecule has 1 saturated carbocycles. The zero-order valence-corrected chi connectivity index (χ0v) is 14.4. The first-order chi connectivity index (χ1) is 11.3. The molecule has 128 valence electrons. The molecule has 0 unspecified atom stereocenters. The van der Waals surface area contributed by atoms with E-state index in [1.807, 2.05) is 0 Å². The van der Waals surface area contributed by atoms with Gasteiger partial charge in [0.1, 0.15) is 0 Å². The molecule has 1 aromatic carbocycles. The maximum Gasteiger partial charge on any atom is 0.336 e. The van der Waals surface area contributed by atoms with E-state index in [0.717, 1.165) is 32.2 Å². The van der Waals surface area contributed by atoms with E-state index in [4.69, 9.17) is 15.9 Å². The van der Waals surface area contributed by atoms with Gasteiger partial charge in [0.15, 0.2) is 11.5 Å². The van der Waals surface area contributed by atoms with Crippen molar-refractivity contribution >= 4 is 5.97 Å². The van der Waals surface area contributed by atoms with Crippen LogP contribution >= 0.6 is 0 Å². The van der Waals surface area contributed by atoms with E-state index in [9.17, 15) is 9.90 Å². The Morgan fingerprint density at radius 3 is 2.54 bits per heavy atom. The van der Waals surface area contributed by atoms with E-state index in [2.05, 4.69) is 24.9 Å². The molecule has 0 bridgehead atoms. The maximum absolute atomic E-state index is 11.4. The van der Waals surface area contributed by atoms with Crippen LogP contribution in [0.3, 0.4) is 0 Å². The topological polar surface area (TPSA) is 59.0 Å². The summed E-state index contributed by atoms with van der Waals surface area (Å²) < 4.78 is 12.3. The summed E-state index contributed by atoms with van der Waals surface area (Å²) in [5, 5.41) is 9.37. The standard InChI is InChI=1S/C19H23NO4/c1-5-14-10-15(18(21)22)12(2)16-17(14)24-19(23-16)8-6-13(7-9-19)11-20(3)4/h1,10,13H,6-9,11H2,2-4H3,(H,21,22). The van der Waals surface area contributed by atoms with E-state index < -0.39 is 11.8 Å². The van der Waals surface area contributed by atoms with Gasteiger partial charge in [-0.25, -0.2) is 4.79 Å². The summed E-state index contributed by atoms with van der Waals surface area (Å²) >= 11 is 0. The Morgan fingerprint density at radius 2 is 2.00 bits per heavy atom. The molecule has 1 heterocycles. The number of nitrogens with zero attached hydrogens (tertiary/aromatic N) is 1. The van der Waals surface area contributed by atoms with Gasteiger partial charge in [0, 0.05) is 24.9 Å². The highest BCUT2D eigenvalue weighted by atomic mass is 16.7. The van der Waals surface area contributed by atoms with Crippen molar-refractivity contribution in [1.29, 1.82) is 0 Å². The SMILES string of the molecule is C#Cc1cc(C(=O)O)c(C)c2c1OC1(CCC(CN(C)C)CC1)O2. The quantitative estimate of drug-likeness (QED) is 0.864. The van der Waals surface area contributed by atoms with Crippen LogP contribution in [0.5, 0.6) is 11.5 Å². The highest BCUT2D eigenvalue weighted by Crippen LogP contribution is 2.50. The first-order valence-corrected chi connectivity index (χ1v) is 8.25. The fraction of sp³-hybridized carbons (Fsp3) is 0.526. The van der Waals surface area contributed by atoms with Gasteiger partial charge in [-0.2, -0.15) is 0 Å². The van der Waals surface area contributed by atoms with E-state index in [1.165, 1.54) is 6.07 Å². The van der Waals surface area contributed by atoms with Crippen molar-refractivity contribution in [1.82, 2.24) is 4.90 Å². The monoisotopic (exact) mass is 329 g/mol. The van der Waals surface area contributed by atoms with Gasteiger partial charge in [-0.05, 0) is 45.8 Å². The lowest BCUT2D eigenvalue weighted by molar-refractivity contribution is -0.114. The van der Waals surface area contributed by atoms with E-state index in [0.29, 0.717) is 28.5 Å². The lowest BCUT2D eigenvalue weighted by Crippen LogP contribution is -2.43. The molecule has 1 fully saturated rings. The number of fused-ring (bicyclic) bond motifs is 1. The second-order valence-corrected chi connectivity index (χ2v) is 7.02. The number of hydrogen-bond donors (Lipinski definition) is 1. The molecule has 5 heteroatoms. The highest BCUT2D eigenvalue weighted by Gasteiger charge is 2.46. The number of aromatic carboxylic acids is 1. The fourth-order valence-corrected chi connectivity index (χ4v) is 3.70. The normalized spacial score (nSPS) is 25.0. The molecule has 1 N–H and O–H groups in total. The molecule has 5 nitrogen and oxygen atoms in total. The van der Waals surface area contributed by atoms with Gasteiger partial charge < -0.3 is 19.5 Å². The van der Waals surface area contributed by atoms with Crippen LogP contribution in [0.1, 0.15) is 47.2 Å². The predicted octanol–water partition coefficient (Wildman–Crippen LogP) is 2.89. The number of ether oxygens (including phenoxy) is 2. The molecule has 2 aliphatic rings. The summed E-state index contributed by atoms with van der Waals surface area (Å²) in [6.45, 7) is 2.80. The number of hydrogen-bond acceptors (Lipinski definition) is 4. The van der Waals surface area contributed by atoms with Crippen LogP contribution < -0.4 is 9.47 Å². The third kappa shape index (κ3) is 2.83. The van der Waals surface area contributed by atoms with Crippen LogP contribution in [-0.4, -0.2) is 42.4 Å². The van der Waals surface area contributed by atoms with Crippen molar-refractivity contribution in [3.63, 3.8) is 0 Å². The highest BCUT2D eigenvalue weighted by molar-refractivity contribution is 5.91. The Morgan fingerprint density at radius 1 is 1.38 bits per heavy atom. The summed E-state index contributed by atoms with van der Waals surface area (Å²) in [4.78, 5) is 13.6. The van der Waals surface area contributed by atoms with Gasteiger partial charge in [-0.3, -0.25) is 0 Å². The average Bonchev–Trinajstić information content (AvgIpc) is 2.89. The molecule has 0 amide bonds. The predicted molar refractivity (Wildman–Crippen MR) is 90.6 cm³/mol. The van der Waals surface area contributed by atoms with Crippen LogP contribution in [0.25, 0.3) is 0 Å². The van der Waals surface area contributed by atoms with Gasteiger partial charge in [-0.1, -0.05) is 5.92 Å². The van der Waals surface area contributed by atoms with Crippen molar-refractivity contribution in [2.45, 2.75) is 38.4 Å². The number of rotatable bonds is 3. The molecule has 1 aliphatic carbocycles. The summed E-state index contributed by atoms with van der Waals surface area (Å²) in [7, 11) is 4.16. The van der Waals surface area contributed by atoms with Crippen molar-refractivity contribution in [2.75, 3.05) is 20.6 Å². The van der Waals surface area contributed by atoms with E-state index in [1.54, 1.807) is 6.92 Å². The zero-order chi connectivity index (χ0) is 17.5. The molecule has 1 aliphatic heterocycles. The smallest absolute Gasteiger partial charge is 0.336 e. The summed E-state index contributed by atoms with van der Waals surface area (Å²) in [6.07, 6.45) is 9.15. The van der Waals surface area contributed by atoms with Crippen LogP contribution in [-0.2, 0) is 0 Å². The molecular weight excluding hydrogens is 306 g/mol. The third-order valence-electron chi connectivity index (χ3n) is 4.94. The minimum absolute atomic E-state index is 0.170. The lowest BCUT2D eigenvalue weighted by atomic mass is 9.85. The van der Waals surface area contributed by atoms with Crippen LogP contribution in [0.15, 0.2) is 6.07 Å². The molecule has 0 radical (unpaired) electrons. The Labute approximate surface area is 142 Å². The molecule has 1 aromatic rings. The summed E-state index contributed by atoms with van der Waals surface area (Å²) in [5.41, 5.74) is 1.19. The minimum atomic E-state index is -1.01. The van der Waals surface area contributed by atoms with Crippen molar-refractivity contribution in [3.8, 4) is 23.8 Å². The second-order valence-electron chi connectivity index (χ2n) is 7.02. The van der Waals surface area contributed by atoms with Gasteiger partial charge >= 0.3 is 5.97 Å². The molecule has 0 saturated heterocycles. The minimum Gasteiger partial charge on any atom is -0.478 e. The summed E-state index contributed by atoms with van der Waals surface area (Å²) in [6, 6.07) is 1.50. The third-order valence-corrected chi connectivity index (χ3v) is 4.94. The lowest BCUT2D eigenvalue weighted by Gasteiger charge is -2.36. The van der Waals surface area contributed by atoms with E-state index >= 15 is 0 Å². The van der Waals surface area contributed by atoms with Gasteiger partial charge in [0.25, 0.3) is 5.79 Å². The molecule has 1 spiro atoms. The van der Waals surface area contributed by atoms with Crippen LogP contribution in [0.2, 0.25) is 0 Å². The molecular formula is C19H23NO4. The largest absolute Gasteiger partial charge is 0.478 e. The van der Waals surface area contributed by atoms with Gasteiger partial charge in [0.2, 0.25) is 0 Å². The fourth-order valence-electron chi connectivity index (χ4n) is 3.70. The Kier molecular flexibility index (Phi) is 4.18. The second kappa shape index (κ2) is 6.03. The maximum atomic E-state index is 11.4. The molecule has 3 rings (SSSR count). The Hall–Kier alpha value is -2.19. The van der Waals surface area contributed by atoms with Crippen molar-refractivity contribution in [2.24, 2.45) is 5.92 Å².